The van der Waals surface area contributed by atoms with Gasteiger partial charge in [-0.15, -0.1) is 0 Å². The Hall–Kier alpha value is -2.35. The zero-order chi connectivity index (χ0) is 18.4. The van der Waals surface area contributed by atoms with Gasteiger partial charge in [0.05, 0.1) is 4.90 Å². The van der Waals surface area contributed by atoms with Gasteiger partial charge in [0.25, 0.3) is 10.1 Å². The van der Waals surface area contributed by atoms with Gasteiger partial charge in [0.1, 0.15) is 5.75 Å². The Labute approximate surface area is 147 Å². The molecule has 134 valence electrons. The summed E-state index contributed by atoms with van der Waals surface area (Å²) >= 11 is 0. The summed E-state index contributed by atoms with van der Waals surface area (Å²) in [6, 6.07) is 13.0. The van der Waals surface area contributed by atoms with Crippen molar-refractivity contribution >= 4 is 21.0 Å². The van der Waals surface area contributed by atoms with Crippen LogP contribution in [-0.2, 0) is 16.5 Å². The van der Waals surface area contributed by atoms with Crippen LogP contribution in [0.1, 0.15) is 5.56 Å². The van der Waals surface area contributed by atoms with Gasteiger partial charge in [-0.05, 0) is 50.3 Å². The lowest BCUT2D eigenvalue weighted by molar-refractivity contribution is 0.414. The van der Waals surface area contributed by atoms with Crippen LogP contribution in [0.4, 0.5) is 0 Å². The predicted octanol–water partition coefficient (Wildman–Crippen LogP) is 2.91. The smallest absolute Gasteiger partial charge is 0.294 e. The molecule has 0 bridgehead atoms. The maximum absolute atomic E-state index is 10.4. The first-order valence-corrected chi connectivity index (χ1v) is 9.18. The van der Waals surface area contributed by atoms with E-state index in [0.29, 0.717) is 5.75 Å². The number of H-pyrrole nitrogens is 1. The number of phenolic OH excluding ortho intramolecular Hbond substituents is 1. The van der Waals surface area contributed by atoms with Crippen molar-refractivity contribution in [2.75, 3.05) is 20.6 Å². The molecule has 0 radical (unpaired) electrons. The third-order valence-corrected chi connectivity index (χ3v) is 4.50. The van der Waals surface area contributed by atoms with Crippen LogP contribution in [0.3, 0.4) is 0 Å². The molecular weight excluding hydrogens is 340 g/mol. The number of nitrogens with zero attached hydrogens (tertiary/aromatic N) is 1. The summed E-state index contributed by atoms with van der Waals surface area (Å²) in [5.74, 6) is 0.363. The summed E-state index contributed by atoms with van der Waals surface area (Å²) in [6.45, 7) is 0.987. The van der Waals surface area contributed by atoms with Gasteiger partial charge < -0.3 is 15.0 Å². The largest absolute Gasteiger partial charge is 0.507 e. The standard InChI is InChI=1S/C12H16N2O.C6H6O3S/c1-14(2)7-6-9-8-13-10-4-3-5-11(15)12(9)10;7-10(8,9)6-4-2-1-3-5-6/h3-5,8,13,15H,6-7H2,1-2H3;1-5H,(H,7,8,9). The minimum Gasteiger partial charge on any atom is -0.507 e. The number of aromatic amines is 1. The highest BCUT2D eigenvalue weighted by molar-refractivity contribution is 7.85. The number of nitrogens with one attached hydrogen (secondary N) is 1. The summed E-state index contributed by atoms with van der Waals surface area (Å²) in [7, 11) is 0.0978. The normalized spacial score (nSPS) is 11.4. The van der Waals surface area contributed by atoms with Crippen LogP contribution in [0, 0.1) is 0 Å². The van der Waals surface area contributed by atoms with Crippen molar-refractivity contribution < 1.29 is 18.1 Å². The van der Waals surface area contributed by atoms with Crippen LogP contribution in [-0.4, -0.2) is 48.6 Å². The second kappa shape index (κ2) is 8.15. The van der Waals surface area contributed by atoms with E-state index >= 15 is 0 Å². The van der Waals surface area contributed by atoms with E-state index in [1.807, 2.05) is 18.3 Å². The Morgan fingerprint density at radius 1 is 1.04 bits per heavy atom. The van der Waals surface area contributed by atoms with E-state index in [0.717, 1.165) is 23.9 Å². The average molecular weight is 362 g/mol. The van der Waals surface area contributed by atoms with E-state index in [4.69, 9.17) is 4.55 Å². The van der Waals surface area contributed by atoms with Gasteiger partial charge in [-0.1, -0.05) is 24.3 Å². The van der Waals surface area contributed by atoms with Crippen molar-refractivity contribution in [2.45, 2.75) is 11.3 Å². The van der Waals surface area contributed by atoms with Gasteiger partial charge in [-0.25, -0.2) is 0 Å². The van der Waals surface area contributed by atoms with E-state index < -0.39 is 10.1 Å². The molecule has 0 aliphatic heterocycles. The third-order valence-electron chi connectivity index (χ3n) is 3.63. The molecular formula is C18H22N2O4S. The van der Waals surface area contributed by atoms with Crippen molar-refractivity contribution in [3.8, 4) is 5.75 Å². The van der Waals surface area contributed by atoms with Crippen molar-refractivity contribution in [3.05, 3.63) is 60.3 Å². The van der Waals surface area contributed by atoms with Crippen LogP contribution in [0.25, 0.3) is 10.9 Å². The van der Waals surface area contributed by atoms with Gasteiger partial charge >= 0.3 is 0 Å². The molecule has 0 unspecified atom stereocenters. The Morgan fingerprint density at radius 2 is 1.72 bits per heavy atom. The number of hydrogen-bond donors (Lipinski definition) is 3. The molecule has 1 aromatic heterocycles. The Kier molecular flexibility index (Phi) is 6.19. The summed E-state index contributed by atoms with van der Waals surface area (Å²) in [5, 5.41) is 10.7. The SMILES string of the molecule is CN(C)CCc1c[nH]c2cccc(O)c12.O=S(=O)(O)c1ccccc1. The van der Waals surface area contributed by atoms with Gasteiger partial charge in [-0.2, -0.15) is 8.42 Å². The molecule has 0 amide bonds. The molecule has 0 fully saturated rings. The lowest BCUT2D eigenvalue weighted by Gasteiger charge is -2.08. The number of aromatic nitrogens is 1. The van der Waals surface area contributed by atoms with E-state index in [-0.39, 0.29) is 4.90 Å². The van der Waals surface area contributed by atoms with Crippen molar-refractivity contribution in [1.29, 1.82) is 0 Å². The summed E-state index contributed by atoms with van der Waals surface area (Å²) in [4.78, 5) is 5.24. The van der Waals surface area contributed by atoms with Crippen LogP contribution >= 0.6 is 0 Å². The Morgan fingerprint density at radius 3 is 2.28 bits per heavy atom. The fraction of sp³-hybridized carbons (Fsp3) is 0.222. The number of phenols is 1. The van der Waals surface area contributed by atoms with Crippen molar-refractivity contribution in [2.24, 2.45) is 0 Å². The van der Waals surface area contributed by atoms with E-state index in [2.05, 4.69) is 24.0 Å². The van der Waals surface area contributed by atoms with E-state index in [1.165, 1.54) is 17.7 Å². The summed E-state index contributed by atoms with van der Waals surface area (Å²) in [6.07, 6.45) is 2.93. The zero-order valence-corrected chi connectivity index (χ0v) is 15.0. The molecule has 3 N–H and O–H groups in total. The van der Waals surface area contributed by atoms with E-state index in [9.17, 15) is 13.5 Å². The fourth-order valence-corrected chi connectivity index (χ4v) is 2.87. The molecule has 0 saturated carbocycles. The molecule has 6 nitrogen and oxygen atoms in total. The molecule has 7 heteroatoms. The lowest BCUT2D eigenvalue weighted by Crippen LogP contribution is -2.14. The van der Waals surface area contributed by atoms with Gasteiger partial charge in [-0.3, -0.25) is 4.55 Å². The predicted molar refractivity (Wildman–Crippen MR) is 98.5 cm³/mol. The molecule has 2 aromatic carbocycles. The highest BCUT2D eigenvalue weighted by atomic mass is 32.2. The molecule has 1 heterocycles. The second-order valence-corrected chi connectivity index (χ2v) is 7.28. The van der Waals surface area contributed by atoms with Crippen LogP contribution < -0.4 is 0 Å². The fourth-order valence-electron chi connectivity index (χ4n) is 2.37. The molecule has 3 aromatic rings. The zero-order valence-electron chi connectivity index (χ0n) is 14.2. The number of likely N-dealkylation sites (N-methyl/N-ethyl adjacent to an activating group) is 1. The highest BCUT2D eigenvalue weighted by Crippen LogP contribution is 2.27. The van der Waals surface area contributed by atoms with Crippen molar-refractivity contribution in [3.63, 3.8) is 0 Å². The quantitative estimate of drug-likeness (QED) is 0.621. The molecule has 25 heavy (non-hydrogen) atoms. The highest BCUT2D eigenvalue weighted by Gasteiger charge is 2.07. The Balaban J connectivity index is 0.000000196. The third kappa shape index (κ3) is 5.32. The van der Waals surface area contributed by atoms with Gasteiger partial charge in [0.2, 0.25) is 0 Å². The molecule has 0 aliphatic carbocycles. The monoisotopic (exact) mass is 362 g/mol. The number of hydrogen-bond acceptors (Lipinski definition) is 4. The maximum atomic E-state index is 10.4. The minimum absolute atomic E-state index is 0.0741. The number of aromatic hydroxyl groups is 1. The first-order valence-electron chi connectivity index (χ1n) is 7.74. The summed E-state index contributed by atoms with van der Waals surface area (Å²) < 4.78 is 29.2. The molecule has 0 spiro atoms. The van der Waals surface area contributed by atoms with Crippen LogP contribution in [0.2, 0.25) is 0 Å². The summed E-state index contributed by atoms with van der Waals surface area (Å²) in [5.41, 5.74) is 2.18. The van der Waals surface area contributed by atoms with Gasteiger partial charge in [0.15, 0.2) is 0 Å². The second-order valence-electron chi connectivity index (χ2n) is 5.86. The van der Waals surface area contributed by atoms with Gasteiger partial charge in [0, 0.05) is 23.6 Å². The minimum atomic E-state index is -4.00. The Bertz CT molecular complexity index is 919. The number of benzene rings is 2. The van der Waals surface area contributed by atoms with E-state index in [1.54, 1.807) is 24.3 Å². The topological polar surface area (TPSA) is 93.6 Å². The molecule has 0 saturated heterocycles. The average Bonchev–Trinajstić information content (AvgIpc) is 2.98. The number of rotatable bonds is 4. The van der Waals surface area contributed by atoms with Crippen molar-refractivity contribution in [1.82, 2.24) is 9.88 Å². The first kappa shape index (κ1) is 19.0. The lowest BCUT2D eigenvalue weighted by atomic mass is 10.1. The van der Waals surface area contributed by atoms with Crippen LogP contribution in [0.15, 0.2) is 59.6 Å². The molecule has 0 atom stereocenters. The van der Waals surface area contributed by atoms with Crippen LogP contribution in [0.5, 0.6) is 5.75 Å². The number of fused-ring (bicyclic) bond motifs is 1. The maximum Gasteiger partial charge on any atom is 0.294 e. The first-order chi connectivity index (χ1) is 11.8. The molecule has 3 rings (SSSR count). The molecule has 0 aliphatic rings.